The molecule has 0 saturated carbocycles. The minimum Gasteiger partial charge on any atom is -0.459 e. The van der Waals surface area contributed by atoms with Crippen molar-refractivity contribution in [3.8, 4) is 0 Å². The van der Waals surface area contributed by atoms with Crippen molar-refractivity contribution in [3.05, 3.63) is 16.5 Å². The van der Waals surface area contributed by atoms with E-state index in [2.05, 4.69) is 9.89 Å². The van der Waals surface area contributed by atoms with Gasteiger partial charge in [-0.25, -0.2) is 4.79 Å². The first-order chi connectivity index (χ1) is 10.9. The average Bonchev–Trinajstić information content (AvgIpc) is 2.86. The maximum atomic E-state index is 12.3. The summed E-state index contributed by atoms with van der Waals surface area (Å²) in [5, 5.41) is 3.82. The molecule has 0 bridgehead atoms. The van der Waals surface area contributed by atoms with Gasteiger partial charge in [-0.2, -0.15) is 0 Å². The highest BCUT2D eigenvalue weighted by Gasteiger charge is 2.29. The van der Waals surface area contributed by atoms with Crippen molar-refractivity contribution >= 4 is 29.4 Å². The number of piperazine rings is 1. The van der Waals surface area contributed by atoms with Crippen LogP contribution in [0.4, 0.5) is 0 Å². The van der Waals surface area contributed by atoms with Gasteiger partial charge in [0.25, 0.3) is 0 Å². The van der Waals surface area contributed by atoms with E-state index in [1.807, 2.05) is 0 Å². The van der Waals surface area contributed by atoms with E-state index in [0.717, 1.165) is 0 Å². The number of amides is 2. The molecule has 1 aliphatic heterocycles. The fourth-order valence-electron chi connectivity index (χ4n) is 2.30. The third kappa shape index (κ3) is 4.01. The van der Waals surface area contributed by atoms with Crippen LogP contribution in [0.15, 0.2) is 4.52 Å². The van der Waals surface area contributed by atoms with Crippen LogP contribution in [0.25, 0.3) is 0 Å². The molecule has 2 rings (SSSR count). The number of esters is 1. The Labute approximate surface area is 138 Å². The molecule has 2 heterocycles. The zero-order valence-corrected chi connectivity index (χ0v) is 13.8. The fraction of sp³-hybridized carbons (Fsp3) is 0.571. The summed E-state index contributed by atoms with van der Waals surface area (Å²) in [7, 11) is 0. The van der Waals surface area contributed by atoms with Crippen LogP contribution >= 0.6 is 11.6 Å². The van der Waals surface area contributed by atoms with Gasteiger partial charge < -0.3 is 19.1 Å². The fourth-order valence-corrected chi connectivity index (χ4v) is 2.54. The molecule has 1 fully saturated rings. The quantitative estimate of drug-likeness (QED) is 0.583. The Balaban J connectivity index is 1.88. The number of aromatic nitrogens is 1. The van der Waals surface area contributed by atoms with Gasteiger partial charge in [-0.05, 0) is 25.4 Å². The molecule has 1 saturated heterocycles. The number of nitrogens with zero attached hydrogens (tertiary/aromatic N) is 3. The minimum absolute atomic E-state index is 0.0972. The number of hydrogen-bond donors (Lipinski definition) is 0. The second kappa shape index (κ2) is 7.45. The van der Waals surface area contributed by atoms with Crippen LogP contribution in [0, 0.1) is 6.92 Å². The van der Waals surface area contributed by atoms with Crippen molar-refractivity contribution in [2.75, 3.05) is 32.8 Å². The molecule has 9 heteroatoms. The third-order valence-electron chi connectivity index (χ3n) is 3.63. The Hall–Kier alpha value is -2.09. The largest absolute Gasteiger partial charge is 0.459 e. The Morgan fingerprint density at radius 2 is 1.83 bits per heavy atom. The zero-order valence-electron chi connectivity index (χ0n) is 13.0. The van der Waals surface area contributed by atoms with E-state index in [-0.39, 0.29) is 24.2 Å². The average molecular weight is 344 g/mol. The van der Waals surface area contributed by atoms with Gasteiger partial charge in [0.05, 0.1) is 18.7 Å². The number of ether oxygens (including phenoxy) is 1. The molecule has 0 aliphatic carbocycles. The summed E-state index contributed by atoms with van der Waals surface area (Å²) >= 11 is 5.85. The van der Waals surface area contributed by atoms with E-state index in [0.29, 0.717) is 37.4 Å². The molecule has 0 unspecified atom stereocenters. The lowest BCUT2D eigenvalue weighted by Crippen LogP contribution is -2.52. The number of rotatable bonds is 3. The second-order valence-electron chi connectivity index (χ2n) is 5.09. The second-order valence-corrected chi connectivity index (χ2v) is 5.43. The predicted molar refractivity (Wildman–Crippen MR) is 79.7 cm³/mol. The number of carbonyl (C=O) groups is 3. The Morgan fingerprint density at radius 1 is 1.22 bits per heavy atom. The van der Waals surface area contributed by atoms with Gasteiger partial charge in [0, 0.05) is 31.7 Å². The summed E-state index contributed by atoms with van der Waals surface area (Å²) in [5.41, 5.74) is 1.15. The minimum atomic E-state index is -0.862. The first-order valence-corrected chi connectivity index (χ1v) is 7.66. The molecule has 0 aromatic carbocycles. The summed E-state index contributed by atoms with van der Waals surface area (Å²) in [6.45, 7) is 4.80. The topological polar surface area (TPSA) is 93.0 Å². The Bertz CT molecular complexity index is 588. The number of halogens is 1. The first-order valence-electron chi connectivity index (χ1n) is 7.28. The zero-order chi connectivity index (χ0) is 17.0. The van der Waals surface area contributed by atoms with Crippen molar-refractivity contribution in [3.63, 3.8) is 0 Å². The molecule has 1 aromatic heterocycles. The van der Waals surface area contributed by atoms with Crippen LogP contribution in [0.1, 0.15) is 18.2 Å². The van der Waals surface area contributed by atoms with E-state index in [4.69, 9.17) is 16.1 Å². The number of carbonyl (C=O) groups excluding carboxylic acids is 3. The molecule has 0 N–H and O–H groups in total. The van der Waals surface area contributed by atoms with Crippen molar-refractivity contribution in [1.29, 1.82) is 0 Å². The molecule has 23 heavy (non-hydrogen) atoms. The smallest absolute Gasteiger partial charge is 0.397 e. The van der Waals surface area contributed by atoms with Crippen LogP contribution in [0.3, 0.4) is 0 Å². The summed E-state index contributed by atoms with van der Waals surface area (Å²) in [4.78, 5) is 38.5. The molecule has 0 radical (unpaired) electrons. The maximum absolute atomic E-state index is 12.3. The van der Waals surface area contributed by atoms with Crippen LogP contribution < -0.4 is 0 Å². The predicted octanol–water partition coefficient (Wildman–Crippen LogP) is 0.413. The normalized spacial score (nSPS) is 14.7. The van der Waals surface area contributed by atoms with Crippen molar-refractivity contribution in [2.24, 2.45) is 0 Å². The van der Waals surface area contributed by atoms with Crippen molar-refractivity contribution in [1.82, 2.24) is 15.0 Å². The van der Waals surface area contributed by atoms with E-state index >= 15 is 0 Å². The molecule has 8 nitrogen and oxygen atoms in total. The number of aryl methyl sites for hydroxylation is 1. The summed E-state index contributed by atoms with van der Waals surface area (Å²) in [5.74, 6) is -1.66. The molecule has 0 spiro atoms. The van der Waals surface area contributed by atoms with E-state index in [1.54, 1.807) is 18.7 Å². The molecular formula is C14H18ClN3O5. The van der Waals surface area contributed by atoms with E-state index < -0.39 is 11.9 Å². The van der Waals surface area contributed by atoms with Gasteiger partial charge in [-0.15, -0.1) is 0 Å². The molecule has 0 atom stereocenters. The van der Waals surface area contributed by atoms with Crippen LogP contribution in [-0.2, 0) is 25.5 Å². The first kappa shape index (κ1) is 17.3. The van der Waals surface area contributed by atoms with Gasteiger partial charge in [0.1, 0.15) is 0 Å². The molecular weight excluding hydrogens is 326 g/mol. The third-order valence-corrected chi connectivity index (χ3v) is 3.93. The van der Waals surface area contributed by atoms with E-state index in [1.165, 1.54) is 4.90 Å². The summed E-state index contributed by atoms with van der Waals surface area (Å²) in [6, 6.07) is 0. The highest BCUT2D eigenvalue weighted by atomic mass is 35.5. The molecule has 2 amide bonds. The van der Waals surface area contributed by atoms with Crippen LogP contribution in [-0.4, -0.2) is 65.5 Å². The highest BCUT2D eigenvalue weighted by Crippen LogP contribution is 2.20. The van der Waals surface area contributed by atoms with Gasteiger partial charge in [0.15, 0.2) is 0 Å². The summed E-state index contributed by atoms with van der Waals surface area (Å²) in [6.07, 6.45) is 0.0972. The number of hydrogen-bond acceptors (Lipinski definition) is 6. The van der Waals surface area contributed by atoms with Gasteiger partial charge >= 0.3 is 11.9 Å². The molecule has 1 aromatic rings. The van der Waals surface area contributed by atoms with Crippen LogP contribution in [0.2, 0.25) is 5.22 Å². The SMILES string of the molecule is CCOC(=O)C(=O)N1CCN(C(=O)Cc2c(C)noc2Cl)CC1. The summed E-state index contributed by atoms with van der Waals surface area (Å²) < 4.78 is 9.51. The van der Waals surface area contributed by atoms with Crippen molar-refractivity contribution in [2.45, 2.75) is 20.3 Å². The van der Waals surface area contributed by atoms with E-state index in [9.17, 15) is 14.4 Å². The molecule has 1 aliphatic rings. The van der Waals surface area contributed by atoms with Crippen molar-refractivity contribution < 1.29 is 23.6 Å². The highest BCUT2D eigenvalue weighted by molar-refractivity contribution is 6.32. The lowest BCUT2D eigenvalue weighted by Gasteiger charge is -2.34. The Kier molecular flexibility index (Phi) is 5.59. The Morgan fingerprint density at radius 3 is 2.35 bits per heavy atom. The van der Waals surface area contributed by atoms with Crippen LogP contribution in [0.5, 0.6) is 0 Å². The lowest BCUT2D eigenvalue weighted by atomic mass is 10.1. The molecule has 126 valence electrons. The monoisotopic (exact) mass is 343 g/mol. The maximum Gasteiger partial charge on any atom is 0.397 e. The lowest BCUT2D eigenvalue weighted by molar-refractivity contribution is -0.161. The van der Waals surface area contributed by atoms with Gasteiger partial charge in [0.2, 0.25) is 11.1 Å². The van der Waals surface area contributed by atoms with Gasteiger partial charge in [-0.3, -0.25) is 9.59 Å². The van der Waals surface area contributed by atoms with Gasteiger partial charge in [-0.1, -0.05) is 5.16 Å². The standard InChI is InChI=1S/C14H18ClN3O5/c1-3-22-14(21)13(20)18-6-4-17(5-7-18)11(19)8-10-9(2)16-23-12(10)15/h3-8H2,1-2H3.